The summed E-state index contributed by atoms with van der Waals surface area (Å²) < 4.78 is 5.64. The van der Waals surface area contributed by atoms with E-state index < -0.39 is 5.60 Å². The molecule has 0 aliphatic carbocycles. The Kier molecular flexibility index (Phi) is 2.69. The zero-order valence-corrected chi connectivity index (χ0v) is 11.9. The highest BCUT2D eigenvalue weighted by molar-refractivity contribution is 5.81. The van der Waals surface area contributed by atoms with Gasteiger partial charge in [-0.05, 0) is 38.8 Å². The van der Waals surface area contributed by atoms with Gasteiger partial charge >= 0.3 is 0 Å². The van der Waals surface area contributed by atoms with Gasteiger partial charge in [0.2, 0.25) is 0 Å². The zero-order valence-electron chi connectivity index (χ0n) is 11.9. The number of para-hydroxylation sites is 1. The van der Waals surface area contributed by atoms with Crippen molar-refractivity contribution in [1.82, 2.24) is 4.90 Å². The molecule has 2 aliphatic heterocycles. The van der Waals surface area contributed by atoms with E-state index in [4.69, 9.17) is 4.42 Å². The summed E-state index contributed by atoms with van der Waals surface area (Å²) in [7, 11) is 2.21. The Labute approximate surface area is 119 Å². The van der Waals surface area contributed by atoms with Crippen LogP contribution in [0.3, 0.4) is 0 Å². The minimum absolute atomic E-state index is 0.501. The molecule has 2 saturated heterocycles. The molecule has 0 radical (unpaired) electrons. The van der Waals surface area contributed by atoms with E-state index in [9.17, 15) is 5.11 Å². The molecule has 4 rings (SSSR count). The number of aliphatic hydroxyl groups is 1. The summed E-state index contributed by atoms with van der Waals surface area (Å²) in [6.45, 7) is 0. The smallest absolute Gasteiger partial charge is 0.134 e. The molecule has 2 fully saturated rings. The summed E-state index contributed by atoms with van der Waals surface area (Å²) in [5.41, 5.74) is 1.13. The molecule has 1 aromatic carbocycles. The Morgan fingerprint density at radius 2 is 1.90 bits per heavy atom. The van der Waals surface area contributed by atoms with Crippen LogP contribution in [0.25, 0.3) is 11.0 Å². The summed E-state index contributed by atoms with van der Waals surface area (Å²) in [5, 5.41) is 12.3. The van der Waals surface area contributed by atoms with E-state index in [1.807, 2.05) is 18.2 Å². The Hall–Kier alpha value is -1.32. The van der Waals surface area contributed by atoms with Crippen LogP contribution in [0.1, 0.15) is 37.7 Å². The molecule has 3 heterocycles. The average Bonchev–Trinajstić information content (AvgIpc) is 2.85. The maximum absolute atomic E-state index is 11.3. The van der Waals surface area contributed by atoms with Crippen LogP contribution in [0.5, 0.6) is 0 Å². The first-order valence-corrected chi connectivity index (χ1v) is 7.58. The van der Waals surface area contributed by atoms with Crippen molar-refractivity contribution >= 4 is 11.0 Å². The van der Waals surface area contributed by atoms with Crippen molar-refractivity contribution < 1.29 is 9.52 Å². The molecular formula is C17H21NO2. The summed E-state index contributed by atoms with van der Waals surface area (Å²) in [6, 6.07) is 9.02. The van der Waals surface area contributed by atoms with Crippen molar-refractivity contribution in [2.45, 2.75) is 49.8 Å². The molecule has 2 aromatic rings. The van der Waals surface area contributed by atoms with E-state index in [1.165, 1.54) is 19.3 Å². The highest BCUT2D eigenvalue weighted by atomic mass is 16.3. The van der Waals surface area contributed by atoms with Gasteiger partial charge in [0.15, 0.2) is 0 Å². The third-order valence-electron chi connectivity index (χ3n) is 5.36. The molecule has 0 saturated carbocycles. The molecule has 2 unspecified atom stereocenters. The summed E-state index contributed by atoms with van der Waals surface area (Å²) in [6.07, 6.45) is 7.11. The summed E-state index contributed by atoms with van der Waals surface area (Å²) in [5.74, 6) is 0. The number of hydrogen-bond donors (Lipinski definition) is 1. The van der Waals surface area contributed by atoms with Gasteiger partial charge in [-0.3, -0.25) is 0 Å². The van der Waals surface area contributed by atoms with Gasteiger partial charge in [-0.25, -0.2) is 0 Å². The zero-order chi connectivity index (χ0) is 13.7. The fourth-order valence-corrected chi connectivity index (χ4v) is 4.21. The molecule has 2 aliphatic rings. The number of nitrogens with zero attached hydrogens (tertiary/aromatic N) is 1. The second kappa shape index (κ2) is 4.34. The SMILES string of the molecule is CN1C2CCCC1CC(O)(c1coc3ccccc13)C2. The Bertz CT molecular complexity index is 619. The molecule has 1 aromatic heterocycles. The van der Waals surface area contributed by atoms with Crippen LogP contribution in [-0.2, 0) is 5.60 Å². The third kappa shape index (κ3) is 1.73. The number of piperidine rings is 2. The molecule has 2 bridgehead atoms. The second-order valence-electron chi connectivity index (χ2n) is 6.49. The molecule has 0 spiro atoms. The first-order valence-electron chi connectivity index (χ1n) is 7.58. The van der Waals surface area contributed by atoms with Gasteiger partial charge < -0.3 is 14.4 Å². The van der Waals surface area contributed by atoms with Crippen LogP contribution < -0.4 is 0 Å². The monoisotopic (exact) mass is 271 g/mol. The number of fused-ring (bicyclic) bond motifs is 3. The maximum Gasteiger partial charge on any atom is 0.134 e. The van der Waals surface area contributed by atoms with Gasteiger partial charge in [-0.15, -0.1) is 0 Å². The van der Waals surface area contributed by atoms with Crippen molar-refractivity contribution in [3.8, 4) is 0 Å². The van der Waals surface area contributed by atoms with E-state index in [1.54, 1.807) is 6.26 Å². The molecule has 20 heavy (non-hydrogen) atoms. The van der Waals surface area contributed by atoms with E-state index in [0.29, 0.717) is 12.1 Å². The van der Waals surface area contributed by atoms with Crippen molar-refractivity contribution in [2.75, 3.05) is 7.05 Å². The van der Waals surface area contributed by atoms with Crippen molar-refractivity contribution in [3.63, 3.8) is 0 Å². The topological polar surface area (TPSA) is 36.6 Å². The Balaban J connectivity index is 1.77. The predicted molar refractivity (Wildman–Crippen MR) is 78.5 cm³/mol. The molecule has 106 valence electrons. The van der Waals surface area contributed by atoms with E-state index in [-0.39, 0.29) is 0 Å². The minimum Gasteiger partial charge on any atom is -0.464 e. The Morgan fingerprint density at radius 1 is 1.20 bits per heavy atom. The van der Waals surface area contributed by atoms with Crippen molar-refractivity contribution in [3.05, 3.63) is 36.1 Å². The molecule has 3 nitrogen and oxygen atoms in total. The minimum atomic E-state index is -0.727. The highest BCUT2D eigenvalue weighted by Gasteiger charge is 2.46. The number of benzene rings is 1. The molecule has 2 atom stereocenters. The molecule has 0 amide bonds. The first kappa shape index (κ1) is 12.4. The van der Waals surface area contributed by atoms with Crippen LogP contribution in [0.15, 0.2) is 34.9 Å². The highest BCUT2D eigenvalue weighted by Crippen LogP contribution is 2.45. The second-order valence-corrected chi connectivity index (χ2v) is 6.49. The lowest BCUT2D eigenvalue weighted by molar-refractivity contribution is -0.0869. The maximum atomic E-state index is 11.3. The van der Waals surface area contributed by atoms with Crippen LogP contribution >= 0.6 is 0 Å². The molecular weight excluding hydrogens is 250 g/mol. The summed E-state index contributed by atoms with van der Waals surface area (Å²) >= 11 is 0. The van der Waals surface area contributed by atoms with Crippen LogP contribution in [0, 0.1) is 0 Å². The van der Waals surface area contributed by atoms with E-state index >= 15 is 0 Å². The standard InChI is InChI=1S/C17H21NO2/c1-18-12-5-4-6-13(18)10-17(19,9-12)15-11-20-16-8-3-2-7-14(15)16/h2-3,7-8,11-13,19H,4-6,9-10H2,1H3. The number of rotatable bonds is 1. The number of hydrogen-bond acceptors (Lipinski definition) is 3. The van der Waals surface area contributed by atoms with Crippen LogP contribution in [-0.4, -0.2) is 29.1 Å². The van der Waals surface area contributed by atoms with Gasteiger partial charge in [0.25, 0.3) is 0 Å². The fraction of sp³-hybridized carbons (Fsp3) is 0.529. The lowest BCUT2D eigenvalue weighted by Gasteiger charge is -2.50. The largest absolute Gasteiger partial charge is 0.464 e. The predicted octanol–water partition coefficient (Wildman–Crippen LogP) is 3.27. The van der Waals surface area contributed by atoms with Crippen LogP contribution in [0.2, 0.25) is 0 Å². The average molecular weight is 271 g/mol. The normalized spacial score (nSPS) is 34.5. The van der Waals surface area contributed by atoms with E-state index in [0.717, 1.165) is 29.4 Å². The van der Waals surface area contributed by atoms with Gasteiger partial charge in [0.05, 0.1) is 11.9 Å². The van der Waals surface area contributed by atoms with Gasteiger partial charge in [0, 0.05) is 23.0 Å². The number of furan rings is 1. The third-order valence-corrected chi connectivity index (χ3v) is 5.36. The summed E-state index contributed by atoms with van der Waals surface area (Å²) in [4.78, 5) is 2.47. The lowest BCUT2D eigenvalue weighted by Crippen LogP contribution is -2.55. The Morgan fingerprint density at radius 3 is 2.65 bits per heavy atom. The van der Waals surface area contributed by atoms with Crippen molar-refractivity contribution in [2.24, 2.45) is 0 Å². The van der Waals surface area contributed by atoms with Gasteiger partial charge in [-0.2, -0.15) is 0 Å². The quantitative estimate of drug-likeness (QED) is 0.865. The molecule has 3 heteroatoms. The van der Waals surface area contributed by atoms with Crippen molar-refractivity contribution in [1.29, 1.82) is 0 Å². The lowest BCUT2D eigenvalue weighted by atomic mass is 9.73. The van der Waals surface area contributed by atoms with Gasteiger partial charge in [0.1, 0.15) is 5.58 Å². The van der Waals surface area contributed by atoms with E-state index in [2.05, 4.69) is 18.0 Å². The molecule has 1 N–H and O–H groups in total. The first-order chi connectivity index (χ1) is 9.67. The fourth-order valence-electron chi connectivity index (χ4n) is 4.21. The van der Waals surface area contributed by atoms with Crippen LogP contribution in [0.4, 0.5) is 0 Å². The van der Waals surface area contributed by atoms with Gasteiger partial charge in [-0.1, -0.05) is 24.6 Å².